The van der Waals surface area contributed by atoms with Crippen molar-refractivity contribution in [3.63, 3.8) is 0 Å². The summed E-state index contributed by atoms with van der Waals surface area (Å²) in [5, 5.41) is 8.04. The first-order chi connectivity index (χ1) is 11.0. The lowest BCUT2D eigenvalue weighted by Crippen LogP contribution is -2.15. The molecule has 3 rings (SSSR count). The Balaban J connectivity index is 1.95. The number of halogens is 2. The van der Waals surface area contributed by atoms with E-state index in [2.05, 4.69) is 10.4 Å². The predicted molar refractivity (Wildman–Crippen MR) is 92.7 cm³/mol. The molecule has 0 aliphatic heterocycles. The highest BCUT2D eigenvalue weighted by Gasteiger charge is 2.15. The Kier molecular flexibility index (Phi) is 4.37. The van der Waals surface area contributed by atoms with E-state index in [4.69, 9.17) is 23.2 Å². The van der Waals surface area contributed by atoms with Crippen molar-refractivity contribution in [1.29, 1.82) is 0 Å². The van der Waals surface area contributed by atoms with Crippen LogP contribution < -0.4 is 5.32 Å². The third-order valence-electron chi connectivity index (χ3n) is 3.25. The number of para-hydroxylation sites is 1. The SMILES string of the molecule is Cc1cc(NC(=O)c2cc(Cl)ccc2Cl)n(-c2ccccc2)n1. The molecule has 4 nitrogen and oxygen atoms in total. The molecule has 3 aromatic rings. The molecule has 1 amide bonds. The van der Waals surface area contributed by atoms with Gasteiger partial charge in [0.2, 0.25) is 0 Å². The summed E-state index contributed by atoms with van der Waals surface area (Å²) in [6, 6.07) is 16.1. The summed E-state index contributed by atoms with van der Waals surface area (Å²) < 4.78 is 1.67. The molecule has 1 N–H and O–H groups in total. The Morgan fingerprint density at radius 2 is 1.83 bits per heavy atom. The molecule has 0 bridgehead atoms. The van der Waals surface area contributed by atoms with Gasteiger partial charge in [0.1, 0.15) is 5.82 Å². The molecule has 0 unspecified atom stereocenters. The molecular weight excluding hydrogens is 333 g/mol. The first kappa shape index (κ1) is 15.6. The number of hydrogen-bond donors (Lipinski definition) is 1. The van der Waals surface area contributed by atoms with Gasteiger partial charge in [-0.15, -0.1) is 0 Å². The summed E-state index contributed by atoms with van der Waals surface area (Å²) >= 11 is 12.0. The molecule has 1 heterocycles. The Bertz CT molecular complexity index is 860. The number of amides is 1. The molecule has 0 saturated heterocycles. The molecule has 0 fully saturated rings. The number of rotatable bonds is 3. The van der Waals surface area contributed by atoms with Crippen LogP contribution in [0.5, 0.6) is 0 Å². The van der Waals surface area contributed by atoms with E-state index in [0.717, 1.165) is 11.4 Å². The summed E-state index contributed by atoms with van der Waals surface area (Å²) in [5.74, 6) is 0.226. The van der Waals surface area contributed by atoms with E-state index >= 15 is 0 Å². The predicted octanol–water partition coefficient (Wildman–Crippen LogP) is 4.74. The van der Waals surface area contributed by atoms with Gasteiger partial charge in [0.25, 0.3) is 5.91 Å². The Hall–Kier alpha value is -2.30. The van der Waals surface area contributed by atoms with Crippen molar-refractivity contribution in [2.24, 2.45) is 0 Å². The lowest BCUT2D eigenvalue weighted by atomic mass is 10.2. The second kappa shape index (κ2) is 6.44. The standard InChI is InChI=1S/C17H13Cl2N3O/c1-11-9-16(22(21-11)13-5-3-2-4-6-13)20-17(23)14-10-12(18)7-8-15(14)19/h2-10H,1H3,(H,20,23). The quantitative estimate of drug-likeness (QED) is 0.745. The maximum Gasteiger partial charge on any atom is 0.258 e. The van der Waals surface area contributed by atoms with Crippen molar-refractivity contribution < 1.29 is 4.79 Å². The number of nitrogens with one attached hydrogen (secondary N) is 1. The third-order valence-corrected chi connectivity index (χ3v) is 3.81. The lowest BCUT2D eigenvalue weighted by molar-refractivity contribution is 0.102. The summed E-state index contributed by atoms with van der Waals surface area (Å²) in [7, 11) is 0. The minimum absolute atomic E-state index is 0.317. The summed E-state index contributed by atoms with van der Waals surface area (Å²) in [6.45, 7) is 1.86. The molecule has 6 heteroatoms. The first-order valence-electron chi connectivity index (χ1n) is 6.93. The number of carbonyl (C=O) groups excluding carboxylic acids is 1. The van der Waals surface area contributed by atoms with E-state index in [-0.39, 0.29) is 5.91 Å². The zero-order valence-electron chi connectivity index (χ0n) is 12.3. The van der Waals surface area contributed by atoms with Crippen molar-refractivity contribution in [1.82, 2.24) is 9.78 Å². The Labute approximate surface area is 143 Å². The zero-order chi connectivity index (χ0) is 16.4. The maximum atomic E-state index is 12.5. The van der Waals surface area contributed by atoms with Crippen LogP contribution in [-0.2, 0) is 0 Å². The van der Waals surface area contributed by atoms with Crippen molar-refractivity contribution in [3.05, 3.63) is 75.9 Å². The number of aryl methyl sites for hydroxylation is 1. The molecule has 0 aliphatic carbocycles. The topological polar surface area (TPSA) is 46.9 Å². The van der Waals surface area contributed by atoms with Crippen LogP contribution in [0.1, 0.15) is 16.1 Å². The largest absolute Gasteiger partial charge is 0.306 e. The monoisotopic (exact) mass is 345 g/mol. The van der Waals surface area contributed by atoms with Gasteiger partial charge in [-0.2, -0.15) is 5.10 Å². The second-order valence-electron chi connectivity index (χ2n) is 5.00. The summed E-state index contributed by atoms with van der Waals surface area (Å²) in [6.07, 6.45) is 0. The maximum absolute atomic E-state index is 12.5. The van der Waals surface area contributed by atoms with Crippen molar-refractivity contribution >= 4 is 34.9 Å². The highest BCUT2D eigenvalue weighted by Crippen LogP contribution is 2.23. The fourth-order valence-corrected chi connectivity index (χ4v) is 2.59. The average Bonchev–Trinajstić information content (AvgIpc) is 2.91. The molecule has 0 spiro atoms. The fraction of sp³-hybridized carbons (Fsp3) is 0.0588. The molecule has 0 aliphatic rings. The molecule has 0 radical (unpaired) electrons. The molecule has 23 heavy (non-hydrogen) atoms. The van der Waals surface area contributed by atoms with Gasteiger partial charge in [0, 0.05) is 11.1 Å². The van der Waals surface area contributed by atoms with E-state index in [1.165, 1.54) is 6.07 Å². The van der Waals surface area contributed by atoms with Gasteiger partial charge in [-0.3, -0.25) is 4.79 Å². The zero-order valence-corrected chi connectivity index (χ0v) is 13.8. The molecule has 0 saturated carbocycles. The van der Waals surface area contributed by atoms with Gasteiger partial charge in [-0.1, -0.05) is 41.4 Å². The molecular formula is C17H13Cl2N3O. The van der Waals surface area contributed by atoms with Gasteiger partial charge in [-0.25, -0.2) is 4.68 Å². The van der Waals surface area contributed by atoms with Crippen LogP contribution in [0, 0.1) is 6.92 Å². The number of anilines is 1. The fourth-order valence-electron chi connectivity index (χ4n) is 2.21. The van der Waals surface area contributed by atoms with Crippen LogP contribution in [0.2, 0.25) is 10.0 Å². The number of aromatic nitrogens is 2. The van der Waals surface area contributed by atoms with E-state index in [1.54, 1.807) is 22.9 Å². The average molecular weight is 346 g/mol. The van der Waals surface area contributed by atoms with Gasteiger partial charge in [-0.05, 0) is 37.3 Å². The lowest BCUT2D eigenvalue weighted by Gasteiger charge is -2.10. The third kappa shape index (κ3) is 3.38. The molecule has 2 aromatic carbocycles. The molecule has 116 valence electrons. The smallest absolute Gasteiger partial charge is 0.258 e. The van der Waals surface area contributed by atoms with E-state index < -0.39 is 0 Å². The van der Waals surface area contributed by atoms with E-state index in [1.807, 2.05) is 37.3 Å². The molecule has 0 atom stereocenters. The van der Waals surface area contributed by atoms with E-state index in [9.17, 15) is 4.79 Å². The number of nitrogens with zero attached hydrogens (tertiary/aromatic N) is 2. The van der Waals surface area contributed by atoms with E-state index in [0.29, 0.717) is 21.4 Å². The normalized spacial score (nSPS) is 10.6. The van der Waals surface area contributed by atoms with Crippen LogP contribution in [0.4, 0.5) is 5.82 Å². The number of benzene rings is 2. The van der Waals surface area contributed by atoms with Gasteiger partial charge < -0.3 is 5.32 Å². The first-order valence-corrected chi connectivity index (χ1v) is 7.68. The van der Waals surface area contributed by atoms with Crippen LogP contribution in [0.3, 0.4) is 0 Å². The Morgan fingerprint density at radius 3 is 2.57 bits per heavy atom. The van der Waals surface area contributed by atoms with Crippen LogP contribution in [0.25, 0.3) is 5.69 Å². The van der Waals surface area contributed by atoms with Crippen molar-refractivity contribution in [2.45, 2.75) is 6.92 Å². The van der Waals surface area contributed by atoms with Crippen LogP contribution in [-0.4, -0.2) is 15.7 Å². The number of hydrogen-bond acceptors (Lipinski definition) is 2. The van der Waals surface area contributed by atoms with Gasteiger partial charge in [0.15, 0.2) is 0 Å². The van der Waals surface area contributed by atoms with Crippen LogP contribution >= 0.6 is 23.2 Å². The molecule has 1 aromatic heterocycles. The van der Waals surface area contributed by atoms with Crippen molar-refractivity contribution in [3.8, 4) is 5.69 Å². The van der Waals surface area contributed by atoms with Crippen LogP contribution in [0.15, 0.2) is 54.6 Å². The minimum atomic E-state index is -0.338. The summed E-state index contributed by atoms with van der Waals surface area (Å²) in [4.78, 5) is 12.5. The summed E-state index contributed by atoms with van der Waals surface area (Å²) in [5.41, 5.74) is 1.96. The minimum Gasteiger partial charge on any atom is -0.306 e. The highest BCUT2D eigenvalue weighted by atomic mass is 35.5. The van der Waals surface area contributed by atoms with Gasteiger partial charge in [0.05, 0.1) is 22.0 Å². The number of carbonyl (C=O) groups is 1. The van der Waals surface area contributed by atoms with Gasteiger partial charge >= 0.3 is 0 Å². The highest BCUT2D eigenvalue weighted by molar-refractivity contribution is 6.36. The van der Waals surface area contributed by atoms with Crippen molar-refractivity contribution in [2.75, 3.05) is 5.32 Å². The Morgan fingerprint density at radius 1 is 1.09 bits per heavy atom. The second-order valence-corrected chi connectivity index (χ2v) is 5.84.